The van der Waals surface area contributed by atoms with E-state index in [0.717, 1.165) is 11.8 Å². The Morgan fingerprint density at radius 1 is 0.556 bits per heavy atom. The van der Waals surface area contributed by atoms with Crippen LogP contribution in [-0.2, 0) is 12.8 Å². The van der Waals surface area contributed by atoms with E-state index < -0.39 is 0 Å². The van der Waals surface area contributed by atoms with Crippen molar-refractivity contribution in [1.29, 1.82) is 0 Å². The molecule has 1 aromatic carbocycles. The molecule has 2 heteroatoms. The maximum atomic E-state index is 2.34. The first-order chi connectivity index (χ1) is 17.6. The van der Waals surface area contributed by atoms with Crippen molar-refractivity contribution in [3.63, 3.8) is 0 Å². The van der Waals surface area contributed by atoms with Gasteiger partial charge in [0.1, 0.15) is 0 Å². The predicted octanol–water partition coefficient (Wildman–Crippen LogP) is 11.7. The van der Waals surface area contributed by atoms with Crippen molar-refractivity contribution in [1.82, 2.24) is 0 Å². The molecule has 0 fully saturated rings. The molecule has 0 saturated carbocycles. The molecule has 2 heterocycles. The summed E-state index contributed by atoms with van der Waals surface area (Å²) in [5, 5.41) is 0. The number of rotatable bonds is 16. The van der Waals surface area contributed by atoms with Gasteiger partial charge in [0.05, 0.1) is 0 Å². The van der Waals surface area contributed by atoms with Crippen LogP contribution in [0.5, 0.6) is 0 Å². The second-order valence-corrected chi connectivity index (χ2v) is 12.6. The van der Waals surface area contributed by atoms with Gasteiger partial charge in [0.2, 0.25) is 0 Å². The molecule has 2 atom stereocenters. The van der Waals surface area contributed by atoms with E-state index in [1.54, 1.807) is 0 Å². The number of benzene rings is 1. The Labute approximate surface area is 229 Å². The van der Waals surface area contributed by atoms with Gasteiger partial charge in [-0.15, -0.1) is 22.7 Å². The molecule has 3 rings (SSSR count). The fourth-order valence-electron chi connectivity index (χ4n) is 4.72. The van der Waals surface area contributed by atoms with Crippen molar-refractivity contribution < 1.29 is 0 Å². The van der Waals surface area contributed by atoms with E-state index in [-0.39, 0.29) is 0 Å². The van der Waals surface area contributed by atoms with E-state index in [4.69, 9.17) is 0 Å². The Kier molecular flexibility index (Phi) is 12.8. The van der Waals surface area contributed by atoms with Gasteiger partial charge in [-0.25, -0.2) is 0 Å². The Balaban J connectivity index is 1.51. The summed E-state index contributed by atoms with van der Waals surface area (Å²) in [7, 11) is 0. The van der Waals surface area contributed by atoms with Gasteiger partial charge in [-0.1, -0.05) is 115 Å². The van der Waals surface area contributed by atoms with Gasteiger partial charge in [-0.3, -0.25) is 0 Å². The molecular weight excluding hydrogens is 473 g/mol. The zero-order valence-electron chi connectivity index (χ0n) is 23.0. The van der Waals surface area contributed by atoms with E-state index in [2.05, 4.69) is 101 Å². The van der Waals surface area contributed by atoms with Crippen LogP contribution in [0.15, 0.2) is 48.5 Å². The molecule has 0 aliphatic rings. The summed E-state index contributed by atoms with van der Waals surface area (Å²) in [6, 6.07) is 18.1. The third kappa shape index (κ3) is 9.87. The van der Waals surface area contributed by atoms with Gasteiger partial charge in [0.25, 0.3) is 0 Å². The molecule has 36 heavy (non-hydrogen) atoms. The third-order valence-electron chi connectivity index (χ3n) is 7.25. The smallest absolute Gasteiger partial charge is 0.0273 e. The first-order valence-corrected chi connectivity index (χ1v) is 15.9. The zero-order chi connectivity index (χ0) is 25.6. The fourth-order valence-corrected chi connectivity index (χ4v) is 6.78. The minimum atomic E-state index is 0.834. The average molecular weight is 519 g/mol. The maximum Gasteiger partial charge on any atom is 0.0273 e. The largest absolute Gasteiger partial charge is 0.141 e. The van der Waals surface area contributed by atoms with Gasteiger partial charge in [0, 0.05) is 19.5 Å². The van der Waals surface area contributed by atoms with Crippen LogP contribution in [0.25, 0.3) is 24.3 Å². The SMILES string of the molecule is CCCCC(CC)Cc1ccc(/C=C/c2ccc(/C=C/c3ccc(CC(CC)CCCC)s3)cc2)s1. The number of thiophene rings is 2. The normalized spacial score (nSPS) is 13.7. The second kappa shape index (κ2) is 16.0. The highest BCUT2D eigenvalue weighted by molar-refractivity contribution is 7.13. The predicted molar refractivity (Wildman–Crippen MR) is 167 cm³/mol. The van der Waals surface area contributed by atoms with E-state index >= 15 is 0 Å². The van der Waals surface area contributed by atoms with E-state index in [0.29, 0.717) is 0 Å². The molecule has 0 spiro atoms. The van der Waals surface area contributed by atoms with E-state index in [9.17, 15) is 0 Å². The Bertz CT molecular complexity index is 962. The third-order valence-corrected chi connectivity index (χ3v) is 9.39. The molecule has 0 nitrogen and oxygen atoms in total. The molecule has 0 amide bonds. The van der Waals surface area contributed by atoms with Gasteiger partial charge in [0.15, 0.2) is 0 Å². The average Bonchev–Trinajstić information content (AvgIpc) is 3.56. The molecule has 0 bridgehead atoms. The summed E-state index contributed by atoms with van der Waals surface area (Å²) in [5.41, 5.74) is 2.51. The molecule has 0 aliphatic carbocycles. The first-order valence-electron chi connectivity index (χ1n) is 14.3. The molecule has 2 unspecified atom stereocenters. The van der Waals surface area contributed by atoms with Crippen LogP contribution in [-0.4, -0.2) is 0 Å². The van der Waals surface area contributed by atoms with Crippen LogP contribution >= 0.6 is 22.7 Å². The van der Waals surface area contributed by atoms with Crippen molar-refractivity contribution in [3.8, 4) is 0 Å². The van der Waals surface area contributed by atoms with Crippen molar-refractivity contribution in [2.45, 2.75) is 91.9 Å². The Morgan fingerprint density at radius 2 is 0.972 bits per heavy atom. The summed E-state index contributed by atoms with van der Waals surface area (Å²) < 4.78 is 0. The first kappa shape index (κ1) is 28.7. The van der Waals surface area contributed by atoms with Crippen LogP contribution in [0.1, 0.15) is 110 Å². The van der Waals surface area contributed by atoms with Gasteiger partial charge >= 0.3 is 0 Å². The van der Waals surface area contributed by atoms with Crippen molar-refractivity contribution in [2.75, 3.05) is 0 Å². The van der Waals surface area contributed by atoms with Gasteiger partial charge in [-0.05, 0) is 72.2 Å². The summed E-state index contributed by atoms with van der Waals surface area (Å²) in [4.78, 5) is 5.77. The fraction of sp³-hybridized carbons (Fsp3) is 0.471. The lowest BCUT2D eigenvalue weighted by Crippen LogP contribution is -2.01. The Morgan fingerprint density at radius 3 is 1.33 bits per heavy atom. The topological polar surface area (TPSA) is 0 Å². The Hall–Kier alpha value is -1.90. The maximum absolute atomic E-state index is 2.34. The van der Waals surface area contributed by atoms with Crippen molar-refractivity contribution in [2.24, 2.45) is 11.8 Å². The summed E-state index contributed by atoms with van der Waals surface area (Å²) in [6.45, 7) is 9.26. The minimum Gasteiger partial charge on any atom is -0.141 e. The highest BCUT2D eigenvalue weighted by Crippen LogP contribution is 2.27. The van der Waals surface area contributed by atoms with Gasteiger partial charge < -0.3 is 0 Å². The summed E-state index contributed by atoms with van der Waals surface area (Å²) in [6.07, 6.45) is 22.1. The molecule has 194 valence electrons. The number of unbranched alkanes of at least 4 members (excludes halogenated alkanes) is 2. The van der Waals surface area contributed by atoms with Crippen LogP contribution in [0.3, 0.4) is 0 Å². The highest BCUT2D eigenvalue weighted by atomic mass is 32.1. The lowest BCUT2D eigenvalue weighted by atomic mass is 9.95. The minimum absolute atomic E-state index is 0.834. The lowest BCUT2D eigenvalue weighted by Gasteiger charge is -2.12. The molecule has 2 aromatic heterocycles. The standard InChI is InChI=1S/C34H46S2/c1-5-9-11-27(7-3)25-33-23-21-31(35-33)19-17-29-13-15-30(16-14-29)18-20-32-22-24-34(36-32)26-28(8-4)12-10-6-2/h13-24,27-28H,5-12,25-26H2,1-4H3/b19-17+,20-18+. The van der Waals surface area contributed by atoms with Crippen LogP contribution < -0.4 is 0 Å². The molecule has 0 N–H and O–H groups in total. The number of hydrogen-bond acceptors (Lipinski definition) is 2. The quantitative estimate of drug-likeness (QED) is 0.177. The van der Waals surface area contributed by atoms with Crippen molar-refractivity contribution in [3.05, 3.63) is 79.2 Å². The van der Waals surface area contributed by atoms with Crippen molar-refractivity contribution >= 4 is 47.0 Å². The van der Waals surface area contributed by atoms with Crippen LogP contribution in [0.2, 0.25) is 0 Å². The molecule has 3 aromatic rings. The molecular formula is C34H46S2. The van der Waals surface area contributed by atoms with E-state index in [1.807, 2.05) is 22.7 Å². The lowest BCUT2D eigenvalue weighted by molar-refractivity contribution is 0.452. The molecule has 0 aliphatic heterocycles. The second-order valence-electron chi connectivity index (χ2n) is 10.2. The molecule has 0 radical (unpaired) electrons. The molecule has 0 saturated heterocycles. The van der Waals surface area contributed by atoms with E-state index in [1.165, 1.54) is 94.8 Å². The summed E-state index contributed by atoms with van der Waals surface area (Å²) >= 11 is 3.90. The van der Waals surface area contributed by atoms with Crippen LogP contribution in [0.4, 0.5) is 0 Å². The monoisotopic (exact) mass is 518 g/mol. The zero-order valence-corrected chi connectivity index (χ0v) is 24.6. The van der Waals surface area contributed by atoms with Crippen LogP contribution in [0, 0.1) is 11.8 Å². The number of hydrogen-bond donors (Lipinski definition) is 0. The van der Waals surface area contributed by atoms with Gasteiger partial charge in [-0.2, -0.15) is 0 Å². The highest BCUT2D eigenvalue weighted by Gasteiger charge is 2.09. The summed E-state index contributed by atoms with van der Waals surface area (Å²) in [5.74, 6) is 1.67.